The highest BCUT2D eigenvalue weighted by Gasteiger charge is 2.13. The first-order chi connectivity index (χ1) is 7.61. The number of benzene rings is 1. The van der Waals surface area contributed by atoms with Gasteiger partial charge >= 0.3 is 5.97 Å². The van der Waals surface area contributed by atoms with Gasteiger partial charge in [-0.05, 0) is 18.2 Å². The Hall–Kier alpha value is -1.39. The molecule has 0 bridgehead atoms. The minimum Gasteiger partial charge on any atom is -0.463 e. The number of nitrogens with zero attached hydrogens (tertiary/aromatic N) is 2. The molecule has 2 rings (SSSR count). The van der Waals surface area contributed by atoms with Gasteiger partial charge in [-0.3, -0.25) is 0 Å². The molecule has 0 spiro atoms. The van der Waals surface area contributed by atoms with Crippen LogP contribution >= 0.6 is 23.2 Å². The number of carbonyl (C=O) groups is 1. The molecule has 0 saturated carbocycles. The van der Waals surface area contributed by atoms with Crippen LogP contribution in [0, 0.1) is 0 Å². The Morgan fingerprint density at radius 2 is 2.06 bits per heavy atom. The van der Waals surface area contributed by atoms with E-state index in [9.17, 15) is 4.79 Å². The fraction of sp³-hybridized carbons (Fsp3) is 0.100. The lowest BCUT2D eigenvalue weighted by atomic mass is 10.2. The molecule has 0 saturated heterocycles. The third kappa shape index (κ3) is 1.94. The molecule has 16 heavy (non-hydrogen) atoms. The van der Waals surface area contributed by atoms with Crippen LogP contribution < -0.4 is 0 Å². The smallest absolute Gasteiger partial charge is 0.376 e. The minimum absolute atomic E-state index is 0.0812. The highest BCUT2D eigenvalue weighted by atomic mass is 35.5. The molecule has 0 radical (unpaired) electrons. The van der Waals surface area contributed by atoms with E-state index in [0.717, 1.165) is 0 Å². The maximum Gasteiger partial charge on any atom is 0.376 e. The van der Waals surface area contributed by atoms with Crippen molar-refractivity contribution in [2.45, 2.75) is 0 Å². The van der Waals surface area contributed by atoms with Crippen LogP contribution in [0.2, 0.25) is 10.2 Å². The number of hydrogen-bond donors (Lipinski definition) is 0. The second-order valence-electron chi connectivity index (χ2n) is 2.99. The highest BCUT2D eigenvalue weighted by Crippen LogP contribution is 2.23. The number of hydrogen-bond acceptors (Lipinski definition) is 4. The van der Waals surface area contributed by atoms with E-state index < -0.39 is 5.97 Å². The summed E-state index contributed by atoms with van der Waals surface area (Å²) in [5.74, 6) is -0.717. The number of fused-ring (bicyclic) bond motifs is 1. The van der Waals surface area contributed by atoms with Crippen LogP contribution in [0.5, 0.6) is 0 Å². The number of halogens is 2. The fourth-order valence-corrected chi connectivity index (χ4v) is 1.65. The van der Waals surface area contributed by atoms with Crippen LogP contribution in [0.25, 0.3) is 10.9 Å². The van der Waals surface area contributed by atoms with E-state index in [-0.39, 0.29) is 11.0 Å². The second kappa shape index (κ2) is 4.23. The molecular formula is C10H6Cl2N2O2. The van der Waals surface area contributed by atoms with Crippen molar-refractivity contribution in [3.05, 3.63) is 34.2 Å². The van der Waals surface area contributed by atoms with E-state index in [4.69, 9.17) is 23.2 Å². The van der Waals surface area contributed by atoms with Crippen molar-refractivity contribution < 1.29 is 9.53 Å². The number of aromatic nitrogens is 2. The molecule has 2 aromatic rings. The molecule has 6 heteroatoms. The molecule has 4 nitrogen and oxygen atoms in total. The Kier molecular flexibility index (Phi) is 2.94. The maximum atomic E-state index is 11.3. The number of methoxy groups -OCH3 is 1. The summed E-state index contributed by atoms with van der Waals surface area (Å²) in [5.41, 5.74) is 0.507. The molecule has 0 aliphatic heterocycles. The van der Waals surface area contributed by atoms with Gasteiger partial charge in [0.25, 0.3) is 0 Å². The van der Waals surface area contributed by atoms with Crippen molar-refractivity contribution in [1.29, 1.82) is 0 Å². The summed E-state index contributed by atoms with van der Waals surface area (Å²) in [5, 5.41) is 1.35. The Morgan fingerprint density at radius 1 is 1.31 bits per heavy atom. The van der Waals surface area contributed by atoms with Crippen LogP contribution in [0.4, 0.5) is 0 Å². The summed E-state index contributed by atoms with van der Waals surface area (Å²) in [6, 6.07) is 4.98. The fourth-order valence-electron chi connectivity index (χ4n) is 1.25. The van der Waals surface area contributed by atoms with Crippen molar-refractivity contribution in [3.63, 3.8) is 0 Å². The zero-order chi connectivity index (χ0) is 11.7. The predicted octanol–water partition coefficient (Wildman–Crippen LogP) is 2.72. The quantitative estimate of drug-likeness (QED) is 0.582. The first-order valence-corrected chi connectivity index (χ1v) is 5.08. The van der Waals surface area contributed by atoms with Gasteiger partial charge in [-0.15, -0.1) is 0 Å². The Morgan fingerprint density at radius 3 is 2.75 bits per heavy atom. The van der Waals surface area contributed by atoms with Crippen LogP contribution in [0.15, 0.2) is 18.2 Å². The van der Waals surface area contributed by atoms with Gasteiger partial charge in [0.05, 0.1) is 12.6 Å². The predicted molar refractivity (Wildman–Crippen MR) is 60.9 cm³/mol. The molecule has 1 aromatic carbocycles. The van der Waals surface area contributed by atoms with Crippen molar-refractivity contribution in [1.82, 2.24) is 9.97 Å². The SMILES string of the molecule is COC(=O)c1nc(Cl)c2ccc(Cl)cc2n1. The number of carbonyl (C=O) groups excluding carboxylic acids is 1. The summed E-state index contributed by atoms with van der Waals surface area (Å²) in [6.07, 6.45) is 0. The second-order valence-corrected chi connectivity index (χ2v) is 3.79. The lowest BCUT2D eigenvalue weighted by Crippen LogP contribution is -2.07. The average molecular weight is 257 g/mol. The van der Waals surface area contributed by atoms with Crippen molar-refractivity contribution >= 4 is 40.1 Å². The Bertz CT molecular complexity index is 572. The average Bonchev–Trinajstić information content (AvgIpc) is 2.27. The monoisotopic (exact) mass is 256 g/mol. The molecule has 0 fully saturated rings. The highest BCUT2D eigenvalue weighted by molar-refractivity contribution is 6.35. The zero-order valence-corrected chi connectivity index (χ0v) is 9.71. The van der Waals surface area contributed by atoms with E-state index in [1.807, 2.05) is 0 Å². The van der Waals surface area contributed by atoms with E-state index in [2.05, 4.69) is 14.7 Å². The standard InChI is InChI=1S/C10H6Cl2N2O2/c1-16-10(15)9-13-7-4-5(11)2-3-6(7)8(12)14-9/h2-4H,1H3. The summed E-state index contributed by atoms with van der Waals surface area (Å²) >= 11 is 11.7. The van der Waals surface area contributed by atoms with Gasteiger partial charge in [0, 0.05) is 10.4 Å². The maximum absolute atomic E-state index is 11.3. The summed E-state index contributed by atoms with van der Waals surface area (Å²) in [6.45, 7) is 0. The first kappa shape index (κ1) is 11.1. The van der Waals surface area contributed by atoms with Crippen LogP contribution in [0.1, 0.15) is 10.6 Å². The lowest BCUT2D eigenvalue weighted by molar-refractivity contribution is 0.0587. The van der Waals surface area contributed by atoms with E-state index in [1.54, 1.807) is 18.2 Å². The number of ether oxygens (including phenoxy) is 1. The number of esters is 1. The lowest BCUT2D eigenvalue weighted by Gasteiger charge is -2.03. The molecule has 0 unspecified atom stereocenters. The van der Waals surface area contributed by atoms with E-state index in [0.29, 0.717) is 15.9 Å². The van der Waals surface area contributed by atoms with Gasteiger partial charge in [0.1, 0.15) is 5.15 Å². The Balaban J connectivity index is 2.69. The normalized spacial score (nSPS) is 10.4. The number of rotatable bonds is 1. The molecule has 0 aliphatic carbocycles. The van der Waals surface area contributed by atoms with Gasteiger partial charge in [0.2, 0.25) is 5.82 Å². The van der Waals surface area contributed by atoms with Gasteiger partial charge in [-0.1, -0.05) is 23.2 Å². The van der Waals surface area contributed by atoms with Gasteiger partial charge < -0.3 is 4.74 Å². The molecule has 1 heterocycles. The molecule has 0 amide bonds. The first-order valence-electron chi connectivity index (χ1n) is 4.33. The third-order valence-electron chi connectivity index (χ3n) is 1.98. The molecular weight excluding hydrogens is 251 g/mol. The summed E-state index contributed by atoms with van der Waals surface area (Å²) in [4.78, 5) is 19.1. The minimum atomic E-state index is -0.635. The Labute approximate surface area is 101 Å². The largest absolute Gasteiger partial charge is 0.463 e. The molecule has 0 atom stereocenters. The molecule has 1 aromatic heterocycles. The van der Waals surface area contributed by atoms with Crippen molar-refractivity contribution in [2.24, 2.45) is 0 Å². The molecule has 0 N–H and O–H groups in total. The van der Waals surface area contributed by atoms with Crippen molar-refractivity contribution in [2.75, 3.05) is 7.11 Å². The molecule has 82 valence electrons. The van der Waals surface area contributed by atoms with Gasteiger partial charge in [-0.25, -0.2) is 14.8 Å². The van der Waals surface area contributed by atoms with Crippen LogP contribution in [-0.4, -0.2) is 23.0 Å². The van der Waals surface area contributed by atoms with Gasteiger partial charge in [-0.2, -0.15) is 0 Å². The molecule has 0 aliphatic rings. The summed E-state index contributed by atoms with van der Waals surface area (Å²) < 4.78 is 4.51. The van der Waals surface area contributed by atoms with Crippen LogP contribution in [-0.2, 0) is 4.74 Å². The zero-order valence-electron chi connectivity index (χ0n) is 8.20. The van der Waals surface area contributed by atoms with Crippen molar-refractivity contribution in [3.8, 4) is 0 Å². The van der Waals surface area contributed by atoms with Crippen LogP contribution in [0.3, 0.4) is 0 Å². The summed E-state index contributed by atoms with van der Waals surface area (Å²) in [7, 11) is 1.25. The van der Waals surface area contributed by atoms with E-state index >= 15 is 0 Å². The topological polar surface area (TPSA) is 52.1 Å². The third-order valence-corrected chi connectivity index (χ3v) is 2.50. The van der Waals surface area contributed by atoms with E-state index in [1.165, 1.54) is 7.11 Å². The van der Waals surface area contributed by atoms with Gasteiger partial charge in [0.15, 0.2) is 0 Å².